The molecule has 1 spiro atoms. The van der Waals surface area contributed by atoms with Crippen molar-refractivity contribution in [2.24, 2.45) is 4.99 Å². The van der Waals surface area contributed by atoms with Gasteiger partial charge in [-0.05, 0) is 49.6 Å². The van der Waals surface area contributed by atoms with Crippen molar-refractivity contribution in [1.82, 2.24) is 20.3 Å². The van der Waals surface area contributed by atoms with Gasteiger partial charge in [-0.1, -0.05) is 12.8 Å². The van der Waals surface area contributed by atoms with Gasteiger partial charge in [-0.2, -0.15) is 0 Å². The Morgan fingerprint density at radius 2 is 1.80 bits per heavy atom. The molecule has 2 aliphatic heterocycles. The number of benzene rings is 1. The van der Waals surface area contributed by atoms with Gasteiger partial charge in [-0.3, -0.25) is 4.99 Å². The van der Waals surface area contributed by atoms with Crippen LogP contribution in [0.3, 0.4) is 0 Å². The SMILES string of the molecule is CC1=Nc2c(F)cc(-c3nc(Nc4ccc(N5CCNCC5)cn4)ncc3F)cc2C12CCCC2. The van der Waals surface area contributed by atoms with Crippen LogP contribution in [0.25, 0.3) is 11.3 Å². The fourth-order valence-corrected chi connectivity index (χ4v) is 5.61. The summed E-state index contributed by atoms with van der Waals surface area (Å²) in [4.78, 5) is 19.8. The maximum atomic E-state index is 15.1. The molecular formula is C26H27F2N7. The Morgan fingerprint density at radius 1 is 1.00 bits per heavy atom. The van der Waals surface area contributed by atoms with Gasteiger partial charge in [-0.25, -0.2) is 23.7 Å². The third-order valence-corrected chi connectivity index (χ3v) is 7.50. The second-order valence-corrected chi connectivity index (χ2v) is 9.49. The molecule has 3 aliphatic rings. The highest BCUT2D eigenvalue weighted by atomic mass is 19.1. The minimum Gasteiger partial charge on any atom is -0.368 e. The van der Waals surface area contributed by atoms with Crippen LogP contribution in [-0.2, 0) is 5.41 Å². The number of halogens is 2. The van der Waals surface area contributed by atoms with Crippen molar-refractivity contribution in [3.05, 3.63) is 53.9 Å². The number of hydrogen-bond donors (Lipinski definition) is 2. The fourth-order valence-electron chi connectivity index (χ4n) is 5.61. The molecule has 0 unspecified atom stereocenters. The van der Waals surface area contributed by atoms with E-state index in [1.807, 2.05) is 25.1 Å². The van der Waals surface area contributed by atoms with E-state index < -0.39 is 11.6 Å². The average molecular weight is 476 g/mol. The standard InChI is InChI=1S/C26H27F2N7/c1-16-26(6-2-3-7-26)19-12-17(13-20(27)24(19)32-16)23-21(28)15-31-25(34-23)33-22-5-4-18(14-30-22)35-10-8-29-9-11-35/h4-5,12-15,29H,2-3,6-11H2,1H3,(H,30,31,33,34). The molecule has 6 rings (SSSR count). The summed E-state index contributed by atoms with van der Waals surface area (Å²) in [6.45, 7) is 5.73. The molecule has 9 heteroatoms. The summed E-state index contributed by atoms with van der Waals surface area (Å²) >= 11 is 0. The Labute approximate surface area is 202 Å². The van der Waals surface area contributed by atoms with E-state index in [1.54, 1.807) is 6.20 Å². The van der Waals surface area contributed by atoms with Crippen molar-refractivity contribution in [1.29, 1.82) is 0 Å². The van der Waals surface area contributed by atoms with Crippen molar-refractivity contribution in [3.8, 4) is 11.3 Å². The van der Waals surface area contributed by atoms with Crippen LogP contribution in [0.2, 0.25) is 0 Å². The summed E-state index contributed by atoms with van der Waals surface area (Å²) < 4.78 is 30.0. The fraction of sp³-hybridized carbons (Fsp3) is 0.385. The summed E-state index contributed by atoms with van der Waals surface area (Å²) in [5.41, 5.74) is 3.43. The quantitative estimate of drug-likeness (QED) is 0.560. The second-order valence-electron chi connectivity index (χ2n) is 9.49. The molecule has 2 N–H and O–H groups in total. The number of nitrogens with one attached hydrogen (secondary N) is 2. The van der Waals surface area contributed by atoms with Crippen LogP contribution in [0.4, 0.5) is 31.9 Å². The number of hydrogen-bond acceptors (Lipinski definition) is 7. The van der Waals surface area contributed by atoms with Gasteiger partial charge in [0.05, 0.1) is 18.1 Å². The van der Waals surface area contributed by atoms with Gasteiger partial charge >= 0.3 is 0 Å². The van der Waals surface area contributed by atoms with Crippen LogP contribution in [0, 0.1) is 11.6 Å². The molecule has 0 radical (unpaired) electrons. The first kappa shape index (κ1) is 22.0. The number of rotatable bonds is 4. The minimum absolute atomic E-state index is 0.0549. The van der Waals surface area contributed by atoms with E-state index in [9.17, 15) is 4.39 Å². The van der Waals surface area contributed by atoms with Crippen LogP contribution in [0.1, 0.15) is 38.2 Å². The molecule has 2 fully saturated rings. The molecule has 2 aromatic heterocycles. The molecule has 180 valence electrons. The first-order valence-corrected chi connectivity index (χ1v) is 12.1. The maximum Gasteiger partial charge on any atom is 0.229 e. The number of nitrogens with zero attached hydrogens (tertiary/aromatic N) is 5. The molecule has 1 aromatic carbocycles. The Hall–Kier alpha value is -3.46. The summed E-state index contributed by atoms with van der Waals surface area (Å²) in [6.07, 6.45) is 6.94. The van der Waals surface area contributed by atoms with Crippen molar-refractivity contribution in [2.75, 3.05) is 36.4 Å². The number of aromatic nitrogens is 3. The van der Waals surface area contributed by atoms with E-state index in [4.69, 9.17) is 0 Å². The van der Waals surface area contributed by atoms with Gasteiger partial charge < -0.3 is 15.5 Å². The zero-order valence-corrected chi connectivity index (χ0v) is 19.6. The first-order chi connectivity index (χ1) is 17.0. The van der Waals surface area contributed by atoms with E-state index >= 15 is 4.39 Å². The van der Waals surface area contributed by atoms with Crippen molar-refractivity contribution < 1.29 is 8.78 Å². The highest BCUT2D eigenvalue weighted by molar-refractivity contribution is 6.01. The largest absolute Gasteiger partial charge is 0.368 e. The lowest BCUT2D eigenvalue weighted by molar-refractivity contribution is 0.589. The number of pyridine rings is 1. The lowest BCUT2D eigenvalue weighted by atomic mass is 9.76. The van der Waals surface area contributed by atoms with Crippen LogP contribution >= 0.6 is 0 Å². The van der Waals surface area contributed by atoms with Gasteiger partial charge in [0.1, 0.15) is 23.0 Å². The van der Waals surface area contributed by atoms with Crippen LogP contribution in [0.5, 0.6) is 0 Å². The van der Waals surface area contributed by atoms with Crippen LogP contribution in [0.15, 0.2) is 41.7 Å². The molecule has 7 nitrogen and oxygen atoms in total. The predicted molar refractivity (Wildman–Crippen MR) is 133 cm³/mol. The third-order valence-electron chi connectivity index (χ3n) is 7.50. The minimum atomic E-state index is -0.604. The zero-order valence-electron chi connectivity index (χ0n) is 19.6. The van der Waals surface area contributed by atoms with E-state index in [-0.39, 0.29) is 17.1 Å². The van der Waals surface area contributed by atoms with Gasteiger partial charge in [0.15, 0.2) is 5.82 Å². The number of piperazine rings is 1. The van der Waals surface area contributed by atoms with Crippen LogP contribution in [-0.4, -0.2) is 46.8 Å². The Kier molecular flexibility index (Phi) is 5.44. The van der Waals surface area contributed by atoms with E-state index in [2.05, 4.69) is 35.5 Å². The van der Waals surface area contributed by atoms with Crippen molar-refractivity contribution in [2.45, 2.75) is 38.0 Å². The summed E-state index contributed by atoms with van der Waals surface area (Å²) in [7, 11) is 0. The molecule has 1 aliphatic carbocycles. The first-order valence-electron chi connectivity index (χ1n) is 12.1. The van der Waals surface area contributed by atoms with Gasteiger partial charge in [0.2, 0.25) is 5.95 Å². The summed E-state index contributed by atoms with van der Waals surface area (Å²) in [5, 5.41) is 6.38. The highest BCUT2D eigenvalue weighted by Crippen LogP contribution is 2.52. The molecule has 1 saturated heterocycles. The smallest absolute Gasteiger partial charge is 0.229 e. The summed E-state index contributed by atoms with van der Waals surface area (Å²) in [5.74, 6) is -0.297. The molecule has 3 aromatic rings. The molecule has 1 saturated carbocycles. The number of fused-ring (bicyclic) bond motifs is 2. The summed E-state index contributed by atoms with van der Waals surface area (Å²) in [6, 6.07) is 7.02. The zero-order chi connectivity index (χ0) is 24.0. The third kappa shape index (κ3) is 3.83. The second kappa shape index (κ2) is 8.64. The lowest BCUT2D eigenvalue weighted by Crippen LogP contribution is -2.43. The molecule has 0 amide bonds. The molecular weight excluding hydrogens is 448 g/mol. The molecule has 4 heterocycles. The Balaban J connectivity index is 1.29. The number of aliphatic imine (C=N–C) groups is 1. The molecule has 0 atom stereocenters. The molecule has 35 heavy (non-hydrogen) atoms. The monoisotopic (exact) mass is 475 g/mol. The predicted octanol–water partition coefficient (Wildman–Crippen LogP) is 4.89. The van der Waals surface area contributed by atoms with E-state index in [0.29, 0.717) is 17.1 Å². The van der Waals surface area contributed by atoms with Gasteiger partial charge in [0.25, 0.3) is 0 Å². The Bertz CT molecular complexity index is 1290. The highest BCUT2D eigenvalue weighted by Gasteiger charge is 2.44. The Morgan fingerprint density at radius 3 is 2.54 bits per heavy atom. The number of anilines is 3. The topological polar surface area (TPSA) is 78.3 Å². The van der Waals surface area contributed by atoms with E-state index in [0.717, 1.165) is 75.0 Å². The van der Waals surface area contributed by atoms with E-state index in [1.165, 1.54) is 6.07 Å². The average Bonchev–Trinajstić information content (AvgIpc) is 3.48. The van der Waals surface area contributed by atoms with Crippen molar-refractivity contribution in [3.63, 3.8) is 0 Å². The van der Waals surface area contributed by atoms with Crippen molar-refractivity contribution >= 4 is 28.9 Å². The van der Waals surface area contributed by atoms with Crippen LogP contribution < -0.4 is 15.5 Å². The van der Waals surface area contributed by atoms with Gasteiger partial charge in [-0.15, -0.1) is 0 Å². The lowest BCUT2D eigenvalue weighted by Gasteiger charge is -2.29. The normalized spacial score (nSPS) is 18.6. The maximum absolute atomic E-state index is 15.1. The molecule has 0 bridgehead atoms. The van der Waals surface area contributed by atoms with Gasteiger partial charge in [0, 0.05) is 42.9 Å².